The van der Waals surface area contributed by atoms with E-state index in [-0.39, 0.29) is 43.5 Å². The number of H-pyrrole nitrogens is 1. The van der Waals surface area contributed by atoms with Crippen LogP contribution in [0.3, 0.4) is 0 Å². The average Bonchev–Trinajstić information content (AvgIpc) is 1.20. The first-order chi connectivity index (χ1) is 55.2. The van der Waals surface area contributed by atoms with Crippen molar-refractivity contribution in [2.45, 2.75) is 230 Å². The number of cyclic esters (lactones) is 1. The molecule has 14 unspecified atom stereocenters. The van der Waals surface area contributed by atoms with E-state index in [1.54, 1.807) is 30.5 Å². The minimum atomic E-state index is -2.43. The van der Waals surface area contributed by atoms with Gasteiger partial charge in [0.1, 0.15) is 72.6 Å². The number of hydrogen-bond donors (Lipinski definition) is 21. The Kier molecular flexibility index (Phi) is 40.1. The summed E-state index contributed by atoms with van der Waals surface area (Å²) in [7, 11) is 0. The molecule has 0 radical (unpaired) electrons. The molecule has 1 saturated heterocycles. The molecule has 14 atom stereocenters. The first kappa shape index (κ1) is 96.7. The van der Waals surface area contributed by atoms with Gasteiger partial charge in [0.15, 0.2) is 5.78 Å². The number of nitrogens with one attached hydrogen (secondary N) is 14. The van der Waals surface area contributed by atoms with E-state index in [9.17, 15) is 116 Å². The number of amides is 14. The van der Waals surface area contributed by atoms with Crippen LogP contribution in [0.25, 0.3) is 10.9 Å². The number of aliphatic carboxylic acids is 4. The van der Waals surface area contributed by atoms with E-state index in [2.05, 4.69) is 87.9 Å². The van der Waals surface area contributed by atoms with Crippen molar-refractivity contribution in [3.8, 4) is 0 Å². The van der Waals surface area contributed by atoms with Crippen LogP contribution in [0.1, 0.15) is 167 Å². The predicted molar refractivity (Wildman–Crippen MR) is 413 cm³/mol. The number of aromatic amines is 1. The summed E-state index contributed by atoms with van der Waals surface area (Å²) in [5.41, 5.74) is 18.2. The molecule has 0 saturated carbocycles. The van der Waals surface area contributed by atoms with Gasteiger partial charge in [-0.3, -0.25) is 91.1 Å². The molecule has 4 rings (SSSR count). The highest BCUT2D eigenvalue weighted by Crippen LogP contribution is 2.22. The molecule has 0 spiro atoms. The van der Waals surface area contributed by atoms with Crippen molar-refractivity contribution in [2.75, 3.05) is 25.4 Å². The maximum atomic E-state index is 14.8. The number of unbranched alkanes of at least 4 members (excludes halogenated alkanes) is 5. The van der Waals surface area contributed by atoms with E-state index < -0.39 is 248 Å². The molecular formula is C75H107N17O25. The number of rotatable bonds is 36. The number of primary amides is 1. The monoisotopic (exact) mass is 1650 g/mol. The number of carbonyl (C=O) groups is 20. The summed E-state index contributed by atoms with van der Waals surface area (Å²) in [6, 6.07) is -9.72. The van der Waals surface area contributed by atoms with Crippen LogP contribution in [0.15, 0.2) is 54.7 Å². The van der Waals surface area contributed by atoms with Crippen molar-refractivity contribution in [3.63, 3.8) is 0 Å². The van der Waals surface area contributed by atoms with Gasteiger partial charge < -0.3 is 116 Å². The third-order valence-corrected chi connectivity index (χ3v) is 18.8. The van der Waals surface area contributed by atoms with E-state index in [0.717, 1.165) is 66.2 Å². The van der Waals surface area contributed by atoms with E-state index >= 15 is 0 Å². The van der Waals surface area contributed by atoms with Crippen LogP contribution < -0.4 is 86.3 Å². The fraction of sp³-hybridized carbons (Fsp3) is 0.547. The molecular weight excluding hydrogens is 1540 g/mol. The molecule has 1 aromatic heterocycles. The number of anilines is 1. The predicted octanol–water partition coefficient (Wildman–Crippen LogP) is -3.57. The fourth-order valence-electron chi connectivity index (χ4n) is 12.1. The van der Waals surface area contributed by atoms with Gasteiger partial charge in [-0.2, -0.15) is 0 Å². The lowest BCUT2D eigenvalue weighted by Gasteiger charge is -2.30. The number of para-hydroxylation sites is 2. The first-order valence-electron chi connectivity index (χ1n) is 38.1. The number of hydrogen-bond acceptors (Lipinski definition) is 23. The molecule has 24 N–H and O–H groups in total. The van der Waals surface area contributed by atoms with Gasteiger partial charge in [-0.1, -0.05) is 96.0 Å². The van der Waals surface area contributed by atoms with E-state index in [1.165, 1.54) is 24.3 Å². The average molecular weight is 1650 g/mol. The number of carbonyl (C=O) groups excluding carboxylic acids is 16. The molecule has 117 heavy (non-hydrogen) atoms. The largest absolute Gasteiger partial charge is 0.481 e. The zero-order valence-corrected chi connectivity index (χ0v) is 65.7. The summed E-state index contributed by atoms with van der Waals surface area (Å²) in [6.45, 7) is 5.96. The minimum Gasteiger partial charge on any atom is -0.481 e. The van der Waals surface area contributed by atoms with Gasteiger partial charge in [0.2, 0.25) is 82.7 Å². The molecule has 42 heteroatoms. The molecule has 0 bridgehead atoms. The van der Waals surface area contributed by atoms with Crippen molar-refractivity contribution in [3.05, 3.63) is 65.9 Å². The molecule has 14 amide bonds. The lowest BCUT2D eigenvalue weighted by molar-refractivity contribution is -0.156. The van der Waals surface area contributed by atoms with Crippen LogP contribution in [0.5, 0.6) is 0 Å². The Bertz CT molecular complexity index is 4100. The number of Topliss-reactive ketones (excluding diaryl/α,β-unsaturated/α-hetero) is 1. The van der Waals surface area contributed by atoms with Gasteiger partial charge in [-0.15, -0.1) is 0 Å². The van der Waals surface area contributed by atoms with Gasteiger partial charge in [-0.25, -0.2) is 4.79 Å². The maximum absolute atomic E-state index is 14.8. The van der Waals surface area contributed by atoms with E-state index in [4.69, 9.17) is 21.9 Å². The van der Waals surface area contributed by atoms with E-state index in [0.29, 0.717) is 35.2 Å². The summed E-state index contributed by atoms with van der Waals surface area (Å²) < 4.78 is 5.71. The zero-order valence-electron chi connectivity index (χ0n) is 65.7. The smallest absolute Gasteiger partial charge is 0.329 e. The Hall–Kier alpha value is -12.7. The van der Waals surface area contributed by atoms with Crippen LogP contribution in [0.4, 0.5) is 5.69 Å². The second-order valence-corrected chi connectivity index (χ2v) is 28.5. The van der Waals surface area contributed by atoms with Crippen LogP contribution in [0, 0.1) is 11.8 Å². The second kappa shape index (κ2) is 48.5. The highest BCUT2D eigenvalue weighted by atomic mass is 16.5. The Morgan fingerprint density at radius 3 is 1.69 bits per heavy atom. The molecule has 2 aromatic carbocycles. The number of fused-ring (bicyclic) bond motifs is 1. The number of nitrogens with two attached hydrogens (primary N) is 3. The molecule has 1 fully saturated rings. The summed E-state index contributed by atoms with van der Waals surface area (Å²) >= 11 is 0. The normalized spacial score (nSPS) is 21.3. The molecule has 1 aliphatic heterocycles. The third kappa shape index (κ3) is 33.7. The molecule has 2 heterocycles. The van der Waals surface area contributed by atoms with Crippen molar-refractivity contribution >= 4 is 135 Å². The summed E-state index contributed by atoms with van der Waals surface area (Å²) in [6.07, 6.45) is -0.864. The Balaban J connectivity index is 1.84. The maximum Gasteiger partial charge on any atom is 0.329 e. The van der Waals surface area contributed by atoms with Crippen molar-refractivity contribution < 1.29 is 121 Å². The summed E-state index contributed by atoms with van der Waals surface area (Å²) in [4.78, 5) is 276. The Morgan fingerprint density at radius 2 is 1.08 bits per heavy atom. The second-order valence-electron chi connectivity index (χ2n) is 28.5. The summed E-state index contributed by atoms with van der Waals surface area (Å²) in [5, 5.41) is 68.9. The lowest BCUT2D eigenvalue weighted by Crippen LogP contribution is -2.61. The quantitative estimate of drug-likeness (QED) is 0.0116. The van der Waals surface area contributed by atoms with Crippen molar-refractivity contribution in [1.29, 1.82) is 0 Å². The van der Waals surface area contributed by atoms with Gasteiger partial charge in [-0.05, 0) is 82.2 Å². The number of carboxylic acids is 4. The number of nitrogen functional groups attached to an aromatic ring is 1. The molecule has 42 nitrogen and oxygen atoms in total. The molecule has 3 aromatic rings. The summed E-state index contributed by atoms with van der Waals surface area (Å²) in [5.74, 6) is -28.2. The molecule has 1 aliphatic rings. The minimum absolute atomic E-state index is 0.0132. The van der Waals surface area contributed by atoms with Crippen molar-refractivity contribution in [2.24, 2.45) is 23.3 Å². The molecule has 0 aliphatic carbocycles. The van der Waals surface area contributed by atoms with Gasteiger partial charge in [0, 0.05) is 47.6 Å². The fourth-order valence-corrected chi connectivity index (χ4v) is 12.1. The standard InChI is InChI=1S/C75H107N17O25/c1-7-37(2)19-12-10-8-9-11-13-25-56(95)85-48(28-42-34-79-46-23-17-15-20-43(42)46)70(111)87-49(30-55(78)94)71(112)89-52(33-62(104)105)72(113)92-64-41(6)117-75(116)53(29-54(93)44-21-14-16-22-45(44)77)90-74(115)63(38(3)27-59(98)99)91-66(107)39(4)82-57(96)35-80-67(108)50(31-60(100)101)86-65(106)40(5)83-69(110)51(32-61(102)103)88-68(109)47(24-18-26-76)84-58(97)36-81-73(64)114/h14-17,20-23,34,37-41,47-53,63-64,79H,7-13,18-19,24-33,35-36,76-77H2,1-6H3,(H2,78,94)(H,80,108)(H,81,114)(H,82,96)(H,83,110)(H,84,97)(H,85,95)(H,86,106)(H,87,111)(H,88,109)(H,89,112)(H,90,115)(H,91,107)(H,92,113)(H,98,99)(H,100,101)(H,102,103)(H,104,105). The number of benzene rings is 2. The Labute approximate surface area is 671 Å². The Morgan fingerprint density at radius 1 is 0.538 bits per heavy atom. The SMILES string of the molecule is CCC(C)CCCCCCCCC(=O)NC(Cc1c[nH]c2ccccc12)C(=O)NC(CC(N)=O)C(=O)NC(CC(=O)O)C(=O)NC1C(=O)NCC(=O)NC(CCCN)C(=O)NC(CC(=O)O)C(=O)NC(C)C(=O)NC(CC(=O)O)C(=O)NCC(=O)NC(C)C(=O)NC(C(C)CC(=O)O)C(=O)NC(CC(=O)c2ccccc2N)C(=O)OC1C. The van der Waals surface area contributed by atoms with E-state index in [1.807, 2.05) is 0 Å². The van der Waals surface area contributed by atoms with Gasteiger partial charge in [0.05, 0.1) is 45.2 Å². The highest BCUT2D eigenvalue weighted by Gasteiger charge is 2.41. The van der Waals surface area contributed by atoms with Crippen molar-refractivity contribution in [1.82, 2.24) is 74.1 Å². The lowest BCUT2D eigenvalue weighted by atomic mass is 9.96. The highest BCUT2D eigenvalue weighted by molar-refractivity contribution is 6.05. The first-order valence-corrected chi connectivity index (χ1v) is 38.1. The topological polar surface area (TPSA) is 682 Å². The van der Waals surface area contributed by atoms with Gasteiger partial charge in [0.25, 0.3) is 0 Å². The molecule has 642 valence electrons. The van der Waals surface area contributed by atoms with Crippen LogP contribution in [-0.4, -0.2) is 236 Å². The number of carboxylic acid groups (broad SMARTS) is 4. The van der Waals surface area contributed by atoms with Crippen LogP contribution >= 0.6 is 0 Å². The zero-order chi connectivity index (χ0) is 87.3. The van der Waals surface area contributed by atoms with Crippen LogP contribution in [-0.2, 0) is 102 Å². The number of esters is 1. The number of aromatic nitrogens is 1. The van der Waals surface area contributed by atoms with Crippen LogP contribution in [0.2, 0.25) is 0 Å². The number of ketones is 1. The third-order valence-electron chi connectivity index (χ3n) is 18.8. The number of ether oxygens (including phenoxy) is 1. The van der Waals surface area contributed by atoms with Gasteiger partial charge >= 0.3 is 29.8 Å².